The van der Waals surface area contributed by atoms with Crippen LogP contribution in [0.1, 0.15) is 27.2 Å². The molecule has 88 valence electrons. The predicted octanol–water partition coefficient (Wildman–Crippen LogP) is 1.12. The van der Waals surface area contributed by atoms with Crippen LogP contribution < -0.4 is 5.32 Å². The fourth-order valence-corrected chi connectivity index (χ4v) is 0.878. The molecule has 0 saturated carbocycles. The number of alkyl carbamates (subject to hydrolysis) is 1. The van der Waals surface area contributed by atoms with Gasteiger partial charge in [0, 0.05) is 13.7 Å². The van der Waals surface area contributed by atoms with Crippen LogP contribution in [0.4, 0.5) is 4.79 Å². The summed E-state index contributed by atoms with van der Waals surface area (Å²) in [5.74, 6) is 0. The van der Waals surface area contributed by atoms with E-state index in [0.717, 1.165) is 0 Å². The van der Waals surface area contributed by atoms with Gasteiger partial charge in [0.25, 0.3) is 0 Å². The van der Waals surface area contributed by atoms with Crippen molar-refractivity contribution in [2.75, 3.05) is 13.7 Å². The van der Waals surface area contributed by atoms with Gasteiger partial charge in [0.15, 0.2) is 0 Å². The topological polar surface area (TPSA) is 64.6 Å². The highest BCUT2D eigenvalue weighted by atomic mass is 16.6. The lowest BCUT2D eigenvalue weighted by Crippen LogP contribution is -2.40. The lowest BCUT2D eigenvalue weighted by atomic mass is 10.2. The normalized spacial score (nSPS) is 13.1. The van der Waals surface area contributed by atoms with Crippen molar-refractivity contribution in [3.63, 3.8) is 0 Å². The van der Waals surface area contributed by atoms with E-state index < -0.39 is 17.7 Å². The van der Waals surface area contributed by atoms with E-state index in [0.29, 0.717) is 19.3 Å². The molecule has 0 heterocycles. The van der Waals surface area contributed by atoms with Crippen LogP contribution in [0, 0.1) is 0 Å². The van der Waals surface area contributed by atoms with Crippen molar-refractivity contribution >= 4 is 12.4 Å². The van der Waals surface area contributed by atoms with Gasteiger partial charge in [-0.05, 0) is 27.2 Å². The second-order valence-electron chi connectivity index (χ2n) is 4.17. The van der Waals surface area contributed by atoms with E-state index in [1.54, 1.807) is 20.8 Å². The maximum atomic E-state index is 11.3. The SMILES string of the molecule is COCC[C@@H](C=O)NC(=O)OC(C)(C)C. The first kappa shape index (κ1) is 13.9. The van der Waals surface area contributed by atoms with Gasteiger partial charge in [-0.15, -0.1) is 0 Å². The lowest BCUT2D eigenvalue weighted by Gasteiger charge is -2.21. The predicted molar refractivity (Wildman–Crippen MR) is 55.7 cm³/mol. The van der Waals surface area contributed by atoms with Gasteiger partial charge < -0.3 is 19.6 Å². The van der Waals surface area contributed by atoms with Crippen molar-refractivity contribution in [2.45, 2.75) is 38.8 Å². The maximum absolute atomic E-state index is 11.3. The molecule has 0 bridgehead atoms. The van der Waals surface area contributed by atoms with E-state index in [4.69, 9.17) is 9.47 Å². The summed E-state index contributed by atoms with van der Waals surface area (Å²) >= 11 is 0. The van der Waals surface area contributed by atoms with Gasteiger partial charge in [0.2, 0.25) is 0 Å². The number of ether oxygens (including phenoxy) is 2. The number of amides is 1. The van der Waals surface area contributed by atoms with Crippen molar-refractivity contribution in [3.05, 3.63) is 0 Å². The highest BCUT2D eigenvalue weighted by Crippen LogP contribution is 2.06. The molecule has 0 aromatic rings. The minimum Gasteiger partial charge on any atom is -0.444 e. The number of nitrogens with one attached hydrogen (secondary N) is 1. The van der Waals surface area contributed by atoms with Crippen molar-refractivity contribution in [1.82, 2.24) is 5.32 Å². The third-order valence-electron chi connectivity index (χ3n) is 1.50. The molecule has 0 aliphatic heterocycles. The molecular weight excluding hydrogens is 198 g/mol. The summed E-state index contributed by atoms with van der Waals surface area (Å²) in [7, 11) is 1.54. The highest BCUT2D eigenvalue weighted by Gasteiger charge is 2.18. The third-order valence-corrected chi connectivity index (χ3v) is 1.50. The fraction of sp³-hybridized carbons (Fsp3) is 0.800. The molecule has 0 aromatic carbocycles. The van der Waals surface area contributed by atoms with Crippen LogP contribution in [-0.2, 0) is 14.3 Å². The summed E-state index contributed by atoms with van der Waals surface area (Å²) in [6.45, 7) is 5.70. The molecule has 1 atom stereocenters. The van der Waals surface area contributed by atoms with Crippen LogP contribution in [0.3, 0.4) is 0 Å². The van der Waals surface area contributed by atoms with Gasteiger partial charge in [-0.25, -0.2) is 4.79 Å². The molecule has 5 heteroatoms. The largest absolute Gasteiger partial charge is 0.444 e. The van der Waals surface area contributed by atoms with E-state index in [1.807, 2.05) is 0 Å². The standard InChI is InChI=1S/C10H19NO4/c1-10(2,3)15-9(13)11-8(7-12)5-6-14-4/h7-8H,5-6H2,1-4H3,(H,11,13)/t8-/m0/s1. The molecule has 5 nitrogen and oxygen atoms in total. The third kappa shape index (κ3) is 7.93. The Hall–Kier alpha value is -1.10. The zero-order valence-corrected chi connectivity index (χ0v) is 9.70. The molecule has 0 aliphatic carbocycles. The van der Waals surface area contributed by atoms with Crippen molar-refractivity contribution in [2.24, 2.45) is 0 Å². The molecule has 0 spiro atoms. The van der Waals surface area contributed by atoms with Crippen LogP contribution in [0.2, 0.25) is 0 Å². The summed E-state index contributed by atoms with van der Waals surface area (Å²) in [5, 5.41) is 2.45. The van der Waals surface area contributed by atoms with Crippen LogP contribution in [0.25, 0.3) is 0 Å². The molecule has 0 saturated heterocycles. The minimum atomic E-state index is -0.587. The molecule has 0 unspecified atom stereocenters. The number of methoxy groups -OCH3 is 1. The van der Waals surface area contributed by atoms with E-state index in [1.165, 1.54) is 7.11 Å². The first-order valence-corrected chi connectivity index (χ1v) is 4.83. The molecule has 1 N–H and O–H groups in total. The van der Waals surface area contributed by atoms with Crippen molar-refractivity contribution in [3.8, 4) is 0 Å². The first-order valence-electron chi connectivity index (χ1n) is 4.83. The van der Waals surface area contributed by atoms with Crippen LogP contribution in [-0.4, -0.2) is 37.7 Å². The number of carbonyl (C=O) groups is 2. The fourth-order valence-electron chi connectivity index (χ4n) is 0.878. The van der Waals surface area contributed by atoms with Crippen molar-refractivity contribution in [1.29, 1.82) is 0 Å². The average molecular weight is 217 g/mol. The Morgan fingerprint density at radius 2 is 2.07 bits per heavy atom. The van der Waals surface area contributed by atoms with Gasteiger partial charge in [0.1, 0.15) is 11.9 Å². The van der Waals surface area contributed by atoms with Crippen LogP contribution in [0.15, 0.2) is 0 Å². The second-order valence-corrected chi connectivity index (χ2v) is 4.17. The maximum Gasteiger partial charge on any atom is 0.408 e. The Balaban J connectivity index is 3.96. The number of hydrogen-bond acceptors (Lipinski definition) is 4. The number of carbonyl (C=O) groups excluding carboxylic acids is 2. The molecule has 15 heavy (non-hydrogen) atoms. The van der Waals surface area contributed by atoms with E-state index in [2.05, 4.69) is 5.32 Å². The Morgan fingerprint density at radius 1 is 1.47 bits per heavy atom. The molecule has 1 amide bonds. The molecule has 0 rings (SSSR count). The summed E-state index contributed by atoms with van der Waals surface area (Å²) < 4.78 is 9.81. The average Bonchev–Trinajstić information content (AvgIpc) is 2.09. The summed E-state index contributed by atoms with van der Waals surface area (Å²) in [5.41, 5.74) is -0.557. The van der Waals surface area contributed by atoms with Crippen LogP contribution >= 0.6 is 0 Å². The number of hydrogen-bond donors (Lipinski definition) is 1. The number of rotatable bonds is 5. The Bertz CT molecular complexity index is 210. The molecule has 0 aliphatic rings. The summed E-state index contributed by atoms with van der Waals surface area (Å²) in [4.78, 5) is 21.8. The minimum absolute atomic E-state index is 0.416. The summed E-state index contributed by atoms with van der Waals surface area (Å²) in [6, 6.07) is -0.556. The van der Waals surface area contributed by atoms with Gasteiger partial charge in [-0.1, -0.05) is 0 Å². The highest BCUT2D eigenvalue weighted by molar-refractivity contribution is 5.73. The van der Waals surface area contributed by atoms with E-state index in [-0.39, 0.29) is 0 Å². The van der Waals surface area contributed by atoms with Gasteiger partial charge in [-0.3, -0.25) is 0 Å². The zero-order valence-electron chi connectivity index (χ0n) is 9.70. The number of aldehydes is 1. The smallest absolute Gasteiger partial charge is 0.408 e. The monoisotopic (exact) mass is 217 g/mol. The van der Waals surface area contributed by atoms with Crippen LogP contribution in [0.5, 0.6) is 0 Å². The van der Waals surface area contributed by atoms with Crippen molar-refractivity contribution < 1.29 is 19.1 Å². The van der Waals surface area contributed by atoms with Gasteiger partial charge in [0.05, 0.1) is 6.04 Å². The Morgan fingerprint density at radius 3 is 2.47 bits per heavy atom. The quantitative estimate of drug-likeness (QED) is 0.701. The van der Waals surface area contributed by atoms with Gasteiger partial charge >= 0.3 is 6.09 Å². The summed E-state index contributed by atoms with van der Waals surface area (Å²) in [6.07, 6.45) is 0.526. The van der Waals surface area contributed by atoms with E-state index in [9.17, 15) is 9.59 Å². The molecule has 0 fully saturated rings. The Kier molecular flexibility index (Phi) is 5.93. The first-order chi connectivity index (χ1) is 6.89. The molecule has 0 aromatic heterocycles. The van der Waals surface area contributed by atoms with E-state index >= 15 is 0 Å². The second kappa shape index (κ2) is 6.40. The zero-order chi connectivity index (χ0) is 11.9. The van der Waals surface area contributed by atoms with Gasteiger partial charge in [-0.2, -0.15) is 0 Å². The molecule has 0 radical (unpaired) electrons. The Labute approximate surface area is 90.1 Å². The molecular formula is C10H19NO4. The lowest BCUT2D eigenvalue weighted by molar-refractivity contribution is -0.110.